The molecule has 36 heavy (non-hydrogen) atoms. The van der Waals surface area contributed by atoms with Crippen LogP contribution in [0.3, 0.4) is 0 Å². The van der Waals surface area contributed by atoms with E-state index in [9.17, 15) is 4.79 Å². The van der Waals surface area contributed by atoms with Crippen molar-refractivity contribution >= 4 is 24.7 Å². The normalized spacial score (nSPS) is 22.7. The molecule has 5 nitrogen and oxygen atoms in total. The molecule has 3 aromatic rings. The maximum atomic E-state index is 12.9. The predicted molar refractivity (Wildman–Crippen MR) is 144 cm³/mol. The molecule has 0 aromatic heterocycles. The zero-order valence-corrected chi connectivity index (χ0v) is 22.7. The Bertz CT molecular complexity index is 1070. The summed E-state index contributed by atoms with van der Waals surface area (Å²) in [4.78, 5) is 12.9. The van der Waals surface area contributed by atoms with Crippen molar-refractivity contribution in [2.75, 3.05) is 7.11 Å². The van der Waals surface area contributed by atoms with E-state index < -0.39 is 26.7 Å². The van der Waals surface area contributed by atoms with Crippen molar-refractivity contribution < 1.29 is 23.4 Å². The quantitative estimate of drug-likeness (QED) is 0.337. The fourth-order valence-corrected chi connectivity index (χ4v) is 9.83. The van der Waals surface area contributed by atoms with E-state index in [1.54, 1.807) is 19.2 Å². The molecule has 190 valence electrons. The minimum Gasteiger partial charge on any atom is -0.453 e. The molecule has 3 aromatic carbocycles. The molecule has 4 rings (SSSR count). The van der Waals surface area contributed by atoms with Gasteiger partial charge in [-0.3, -0.25) is 0 Å². The van der Waals surface area contributed by atoms with E-state index in [0.29, 0.717) is 12.0 Å². The molecule has 0 unspecified atom stereocenters. The molecule has 1 aliphatic heterocycles. The Morgan fingerprint density at radius 3 is 1.81 bits per heavy atom. The van der Waals surface area contributed by atoms with Crippen LogP contribution in [0.2, 0.25) is 5.04 Å². The minimum absolute atomic E-state index is 0.177. The molecule has 0 aliphatic carbocycles. The van der Waals surface area contributed by atoms with Crippen LogP contribution in [0.1, 0.15) is 44.5 Å². The number of ether oxygens (including phenoxy) is 3. The van der Waals surface area contributed by atoms with Crippen LogP contribution in [0.5, 0.6) is 0 Å². The fraction of sp³-hybridized carbons (Fsp3) is 0.367. The fourth-order valence-electron chi connectivity index (χ4n) is 5.07. The van der Waals surface area contributed by atoms with Crippen LogP contribution >= 0.6 is 0 Å². The van der Waals surface area contributed by atoms with Gasteiger partial charge in [0.1, 0.15) is 0 Å². The van der Waals surface area contributed by atoms with Gasteiger partial charge in [-0.05, 0) is 34.5 Å². The number of carbonyl (C=O) groups is 1. The van der Waals surface area contributed by atoms with Crippen molar-refractivity contribution in [3.05, 3.63) is 96.6 Å². The van der Waals surface area contributed by atoms with E-state index in [-0.39, 0.29) is 17.2 Å². The average Bonchev–Trinajstić information content (AvgIpc) is 2.89. The number of methoxy groups -OCH3 is 1. The van der Waals surface area contributed by atoms with Gasteiger partial charge in [0.05, 0.1) is 17.8 Å². The van der Waals surface area contributed by atoms with Crippen LogP contribution < -0.4 is 10.4 Å². The molecule has 0 saturated carbocycles. The molecule has 0 spiro atoms. The summed E-state index contributed by atoms with van der Waals surface area (Å²) >= 11 is 0. The highest BCUT2D eigenvalue weighted by Crippen LogP contribution is 2.39. The Hall–Kier alpha value is -2.77. The largest absolute Gasteiger partial charge is 0.453 e. The van der Waals surface area contributed by atoms with Gasteiger partial charge in [0.15, 0.2) is 12.4 Å². The molecule has 0 bridgehead atoms. The molecule has 4 atom stereocenters. The Morgan fingerprint density at radius 2 is 1.33 bits per heavy atom. The third kappa shape index (κ3) is 5.32. The Morgan fingerprint density at radius 1 is 0.833 bits per heavy atom. The van der Waals surface area contributed by atoms with Crippen LogP contribution in [0, 0.1) is 0 Å². The van der Waals surface area contributed by atoms with Crippen molar-refractivity contribution in [2.45, 2.75) is 63.8 Å². The summed E-state index contributed by atoms with van der Waals surface area (Å²) in [7, 11) is -1.23. The molecule has 6 heteroatoms. The summed E-state index contributed by atoms with van der Waals surface area (Å²) in [5.41, 5.74) is 0.496. The summed E-state index contributed by atoms with van der Waals surface area (Å²) in [6.45, 7) is 8.75. The number of benzene rings is 3. The molecular formula is C30H36O5Si. The van der Waals surface area contributed by atoms with Crippen LogP contribution in [0.15, 0.2) is 91.0 Å². The lowest BCUT2D eigenvalue weighted by molar-refractivity contribution is -0.248. The average molecular weight is 505 g/mol. The van der Waals surface area contributed by atoms with E-state index in [0.717, 1.165) is 0 Å². The predicted octanol–water partition coefficient (Wildman–Crippen LogP) is 4.94. The van der Waals surface area contributed by atoms with E-state index in [4.69, 9.17) is 18.6 Å². The first-order chi connectivity index (χ1) is 17.3. The third-order valence-corrected chi connectivity index (χ3v) is 11.9. The van der Waals surface area contributed by atoms with E-state index in [2.05, 4.69) is 69.3 Å². The highest BCUT2D eigenvalue weighted by molar-refractivity contribution is 6.99. The minimum atomic E-state index is -2.81. The Balaban J connectivity index is 1.70. The Kier molecular flexibility index (Phi) is 8.10. The lowest BCUT2D eigenvalue weighted by Gasteiger charge is -2.48. The van der Waals surface area contributed by atoms with Gasteiger partial charge >= 0.3 is 5.97 Å². The number of hydrogen-bond acceptors (Lipinski definition) is 5. The standard InChI is InChI=1S/C30H36O5Si/c1-22-26(21-27(29(32-5)33-22)34-28(31)23-15-9-6-10-16-23)35-36(30(2,3)4,24-17-11-7-12-18-24)25-19-13-8-14-20-25/h6-20,22,26-27,29H,21H2,1-5H3/t22-,26+,27+,29+/m0/s1. The summed E-state index contributed by atoms with van der Waals surface area (Å²) < 4.78 is 25.0. The van der Waals surface area contributed by atoms with Crippen molar-refractivity contribution in [3.63, 3.8) is 0 Å². The van der Waals surface area contributed by atoms with Gasteiger partial charge in [0.2, 0.25) is 0 Å². The second-order valence-corrected chi connectivity index (χ2v) is 14.6. The number of hydrogen-bond donors (Lipinski definition) is 0. The zero-order chi connectivity index (χ0) is 25.8. The monoisotopic (exact) mass is 504 g/mol. The maximum absolute atomic E-state index is 12.9. The SMILES string of the molecule is CO[C@@H]1O[C@@H](C)[C@H](O[Si](c2ccccc2)(c2ccccc2)C(C)(C)C)C[C@H]1OC(=O)c1ccccc1. The molecule has 0 N–H and O–H groups in total. The smallest absolute Gasteiger partial charge is 0.338 e. The highest BCUT2D eigenvalue weighted by atomic mass is 28.4. The van der Waals surface area contributed by atoms with Crippen molar-refractivity contribution in [1.82, 2.24) is 0 Å². The Labute approximate surface area is 215 Å². The topological polar surface area (TPSA) is 54.0 Å². The summed E-state index contributed by atoms with van der Waals surface area (Å²) in [6, 6.07) is 30.0. The molecule has 1 heterocycles. The zero-order valence-electron chi connectivity index (χ0n) is 21.7. The van der Waals surface area contributed by atoms with Crippen molar-refractivity contribution in [2.24, 2.45) is 0 Å². The van der Waals surface area contributed by atoms with Gasteiger partial charge < -0.3 is 18.6 Å². The van der Waals surface area contributed by atoms with Gasteiger partial charge in [-0.15, -0.1) is 0 Å². The van der Waals surface area contributed by atoms with Crippen LogP contribution in [0.25, 0.3) is 0 Å². The second-order valence-electron chi connectivity index (χ2n) is 10.3. The lowest BCUT2D eigenvalue weighted by atomic mass is 10.0. The highest BCUT2D eigenvalue weighted by Gasteiger charge is 2.53. The number of carbonyl (C=O) groups excluding carboxylic acids is 1. The first-order valence-electron chi connectivity index (χ1n) is 12.5. The summed E-state index contributed by atoms with van der Waals surface area (Å²) in [5, 5.41) is 2.22. The first-order valence-corrected chi connectivity index (χ1v) is 14.4. The number of rotatable bonds is 7. The van der Waals surface area contributed by atoms with Gasteiger partial charge in [-0.2, -0.15) is 0 Å². The molecule has 1 fully saturated rings. The molecule has 0 amide bonds. The molecule has 1 aliphatic rings. The maximum Gasteiger partial charge on any atom is 0.338 e. The van der Waals surface area contributed by atoms with E-state index in [1.165, 1.54) is 10.4 Å². The van der Waals surface area contributed by atoms with Gasteiger partial charge in [-0.25, -0.2) is 4.79 Å². The van der Waals surface area contributed by atoms with E-state index >= 15 is 0 Å². The van der Waals surface area contributed by atoms with Gasteiger partial charge in [-0.1, -0.05) is 99.6 Å². The van der Waals surface area contributed by atoms with Gasteiger partial charge in [0.25, 0.3) is 8.32 Å². The molecule has 0 radical (unpaired) electrons. The van der Waals surface area contributed by atoms with Crippen molar-refractivity contribution in [1.29, 1.82) is 0 Å². The van der Waals surface area contributed by atoms with E-state index in [1.807, 2.05) is 37.3 Å². The second kappa shape index (κ2) is 11.1. The van der Waals surface area contributed by atoms with Crippen LogP contribution in [0.4, 0.5) is 0 Å². The van der Waals surface area contributed by atoms with Crippen molar-refractivity contribution in [3.8, 4) is 0 Å². The molecular weight excluding hydrogens is 468 g/mol. The van der Waals surface area contributed by atoms with Gasteiger partial charge in [0, 0.05) is 13.5 Å². The summed E-state index contributed by atoms with van der Waals surface area (Å²) in [6.07, 6.45) is -1.32. The first kappa shape index (κ1) is 26.3. The van der Waals surface area contributed by atoms with Crippen LogP contribution in [-0.4, -0.2) is 46.0 Å². The lowest BCUT2D eigenvalue weighted by Crippen LogP contribution is -2.69. The molecule has 1 saturated heterocycles. The third-order valence-electron chi connectivity index (χ3n) is 6.89. The number of esters is 1. The van der Waals surface area contributed by atoms with Crippen LogP contribution in [-0.2, 0) is 18.6 Å². The summed E-state index contributed by atoms with van der Waals surface area (Å²) in [5.74, 6) is -0.398.